The van der Waals surface area contributed by atoms with Crippen LogP contribution >= 0.6 is 22.6 Å². The van der Waals surface area contributed by atoms with Crippen molar-refractivity contribution < 1.29 is 4.39 Å². The Hall–Kier alpha value is -0.580. The average Bonchev–Trinajstić information content (AvgIpc) is 2.45. The third-order valence-corrected chi connectivity index (χ3v) is 2.87. The van der Waals surface area contributed by atoms with Gasteiger partial charge in [-0.3, -0.25) is 0 Å². The van der Waals surface area contributed by atoms with E-state index in [2.05, 4.69) is 41.4 Å². The van der Waals surface area contributed by atoms with Gasteiger partial charge in [0.1, 0.15) is 5.82 Å². The van der Waals surface area contributed by atoms with E-state index in [1.807, 2.05) is 6.20 Å². The van der Waals surface area contributed by atoms with Crippen LogP contribution in [-0.2, 0) is 3.42 Å². The number of hydrogen-bond acceptors (Lipinski definition) is 0. The maximum atomic E-state index is 13.1. The van der Waals surface area contributed by atoms with Crippen molar-refractivity contribution in [3.63, 3.8) is 0 Å². The quantitative estimate of drug-likeness (QED) is 0.606. The first-order valence-corrected chi connectivity index (χ1v) is 5.52. The molecule has 0 aliphatic carbocycles. The van der Waals surface area contributed by atoms with Crippen LogP contribution in [0, 0.1) is 5.82 Å². The lowest BCUT2D eigenvalue weighted by atomic mass is 10.0. The van der Waals surface area contributed by atoms with Gasteiger partial charge in [0.25, 0.3) is 0 Å². The standard InChI is InChI=1S/C11H11FIN/c1-11(2,13)9-6-14-10-4-3-7(12)5-8(9)10/h3-6,14H,1-2H3. The zero-order valence-corrected chi connectivity index (χ0v) is 10.2. The summed E-state index contributed by atoms with van der Waals surface area (Å²) in [7, 11) is 0. The van der Waals surface area contributed by atoms with Crippen LogP contribution in [0.25, 0.3) is 10.9 Å². The smallest absolute Gasteiger partial charge is 0.123 e. The van der Waals surface area contributed by atoms with Crippen molar-refractivity contribution in [2.45, 2.75) is 17.3 Å². The Morgan fingerprint density at radius 1 is 1.36 bits per heavy atom. The van der Waals surface area contributed by atoms with Gasteiger partial charge in [0.05, 0.1) is 0 Å². The number of alkyl halides is 1. The molecule has 2 aromatic rings. The van der Waals surface area contributed by atoms with E-state index < -0.39 is 0 Å². The minimum Gasteiger partial charge on any atom is -0.361 e. The lowest BCUT2D eigenvalue weighted by Crippen LogP contribution is -2.04. The maximum Gasteiger partial charge on any atom is 0.123 e. The van der Waals surface area contributed by atoms with Crippen LogP contribution in [0.2, 0.25) is 0 Å². The molecule has 0 unspecified atom stereocenters. The minimum absolute atomic E-state index is 0.0177. The Kier molecular flexibility index (Phi) is 2.29. The van der Waals surface area contributed by atoms with Gasteiger partial charge in [-0.2, -0.15) is 0 Å². The summed E-state index contributed by atoms with van der Waals surface area (Å²) in [6.07, 6.45) is 1.95. The maximum absolute atomic E-state index is 13.1. The second-order valence-electron chi connectivity index (χ2n) is 3.86. The van der Waals surface area contributed by atoms with Crippen molar-refractivity contribution >= 4 is 33.5 Å². The molecular weight excluding hydrogens is 292 g/mol. The summed E-state index contributed by atoms with van der Waals surface area (Å²) in [6, 6.07) is 4.83. The van der Waals surface area contributed by atoms with Gasteiger partial charge in [-0.15, -0.1) is 0 Å². The van der Waals surface area contributed by atoms with E-state index in [1.165, 1.54) is 6.07 Å². The molecule has 14 heavy (non-hydrogen) atoms. The molecule has 0 radical (unpaired) electrons. The normalized spacial score (nSPS) is 12.3. The van der Waals surface area contributed by atoms with Crippen LogP contribution in [0.3, 0.4) is 0 Å². The summed E-state index contributed by atoms with van der Waals surface area (Å²) < 4.78 is 13.1. The van der Waals surface area contributed by atoms with Crippen LogP contribution in [0.4, 0.5) is 4.39 Å². The van der Waals surface area contributed by atoms with Gasteiger partial charge >= 0.3 is 0 Å². The summed E-state index contributed by atoms with van der Waals surface area (Å²) in [5.41, 5.74) is 2.14. The Balaban J connectivity index is 2.73. The van der Waals surface area contributed by atoms with E-state index in [4.69, 9.17) is 0 Å². The summed E-state index contributed by atoms with van der Waals surface area (Å²) in [6.45, 7) is 4.22. The fourth-order valence-corrected chi connectivity index (χ4v) is 2.03. The third-order valence-electron chi connectivity index (χ3n) is 2.28. The zero-order valence-electron chi connectivity index (χ0n) is 8.07. The second-order valence-corrected chi connectivity index (χ2v) is 6.56. The molecule has 1 aromatic heterocycles. The summed E-state index contributed by atoms with van der Waals surface area (Å²) in [5.74, 6) is -0.181. The highest BCUT2D eigenvalue weighted by atomic mass is 127. The number of nitrogens with one attached hydrogen (secondary N) is 1. The van der Waals surface area contributed by atoms with Gasteiger partial charge in [0.2, 0.25) is 0 Å². The molecule has 0 aliphatic heterocycles. The molecule has 1 nitrogen and oxygen atoms in total. The molecule has 0 spiro atoms. The van der Waals surface area contributed by atoms with E-state index in [9.17, 15) is 4.39 Å². The molecule has 74 valence electrons. The largest absolute Gasteiger partial charge is 0.361 e. The van der Waals surface area contributed by atoms with Crippen molar-refractivity contribution in [3.05, 3.63) is 35.8 Å². The highest BCUT2D eigenvalue weighted by Gasteiger charge is 2.19. The van der Waals surface area contributed by atoms with Crippen LogP contribution in [-0.4, -0.2) is 4.98 Å². The number of rotatable bonds is 1. The number of benzene rings is 1. The Morgan fingerprint density at radius 3 is 2.71 bits per heavy atom. The van der Waals surface area contributed by atoms with Crippen LogP contribution in [0.15, 0.2) is 24.4 Å². The van der Waals surface area contributed by atoms with Crippen LogP contribution < -0.4 is 0 Å². The molecule has 0 atom stereocenters. The lowest BCUT2D eigenvalue weighted by molar-refractivity contribution is 0.629. The predicted octanol–water partition coefficient (Wildman–Crippen LogP) is 3.98. The molecule has 1 N–H and O–H groups in total. The first-order chi connectivity index (χ1) is 6.48. The van der Waals surface area contributed by atoms with Gasteiger partial charge < -0.3 is 4.98 Å². The van der Waals surface area contributed by atoms with Gasteiger partial charge in [-0.25, -0.2) is 4.39 Å². The summed E-state index contributed by atoms with van der Waals surface area (Å²) in [4.78, 5) is 3.15. The first-order valence-electron chi connectivity index (χ1n) is 4.44. The lowest BCUT2D eigenvalue weighted by Gasteiger charge is -2.14. The number of halogens is 2. The molecule has 3 heteroatoms. The van der Waals surface area contributed by atoms with Gasteiger partial charge in [-0.05, 0) is 37.6 Å². The third kappa shape index (κ3) is 1.65. The molecule has 0 saturated heterocycles. The topological polar surface area (TPSA) is 15.8 Å². The number of aromatic amines is 1. The fraction of sp³-hybridized carbons (Fsp3) is 0.273. The molecule has 0 saturated carbocycles. The molecule has 1 heterocycles. The highest BCUT2D eigenvalue weighted by Crippen LogP contribution is 2.35. The summed E-state index contributed by atoms with van der Waals surface area (Å²) >= 11 is 2.36. The highest BCUT2D eigenvalue weighted by molar-refractivity contribution is 14.1. The number of aromatic nitrogens is 1. The van der Waals surface area contributed by atoms with Crippen molar-refractivity contribution in [2.24, 2.45) is 0 Å². The Bertz CT molecular complexity index is 468. The molecule has 0 bridgehead atoms. The summed E-state index contributed by atoms with van der Waals surface area (Å²) in [5, 5.41) is 0.976. The van der Waals surface area contributed by atoms with Crippen molar-refractivity contribution in [1.82, 2.24) is 4.98 Å². The average molecular weight is 303 g/mol. The molecule has 1 aromatic carbocycles. The van der Waals surface area contributed by atoms with E-state index in [-0.39, 0.29) is 9.24 Å². The van der Waals surface area contributed by atoms with E-state index in [0.29, 0.717) is 0 Å². The van der Waals surface area contributed by atoms with E-state index in [1.54, 1.807) is 12.1 Å². The SMILES string of the molecule is CC(C)(I)c1c[nH]c2ccc(F)cc12. The molecule has 2 rings (SSSR count). The van der Waals surface area contributed by atoms with Gasteiger partial charge in [-0.1, -0.05) is 22.6 Å². The number of fused-ring (bicyclic) bond motifs is 1. The fourth-order valence-electron chi connectivity index (χ4n) is 1.58. The van der Waals surface area contributed by atoms with Crippen molar-refractivity contribution in [3.8, 4) is 0 Å². The van der Waals surface area contributed by atoms with Gasteiger partial charge in [0, 0.05) is 20.5 Å². The van der Waals surface area contributed by atoms with E-state index >= 15 is 0 Å². The predicted molar refractivity (Wildman–Crippen MR) is 65.3 cm³/mol. The van der Waals surface area contributed by atoms with Crippen LogP contribution in [0.1, 0.15) is 19.4 Å². The number of hydrogen-bond donors (Lipinski definition) is 1. The molecule has 0 aliphatic rings. The monoisotopic (exact) mass is 303 g/mol. The van der Waals surface area contributed by atoms with Gasteiger partial charge in [0.15, 0.2) is 0 Å². The second kappa shape index (κ2) is 3.22. The number of H-pyrrole nitrogens is 1. The van der Waals surface area contributed by atoms with Crippen molar-refractivity contribution in [1.29, 1.82) is 0 Å². The van der Waals surface area contributed by atoms with Crippen LogP contribution in [0.5, 0.6) is 0 Å². The molecule has 0 amide bonds. The molecular formula is C11H11FIN. The van der Waals surface area contributed by atoms with E-state index in [0.717, 1.165) is 16.5 Å². The van der Waals surface area contributed by atoms with Crippen molar-refractivity contribution in [2.75, 3.05) is 0 Å². The molecule has 0 fully saturated rings. The Morgan fingerprint density at radius 2 is 2.07 bits per heavy atom. The minimum atomic E-state index is -0.181. The first kappa shape index (κ1) is 9.96. The zero-order chi connectivity index (χ0) is 10.3. The Labute approximate surface area is 95.8 Å².